The van der Waals surface area contributed by atoms with Crippen molar-refractivity contribution in [1.29, 1.82) is 5.41 Å². The van der Waals surface area contributed by atoms with Crippen LogP contribution in [0.1, 0.15) is 5.82 Å². The monoisotopic (exact) mass is 293 g/mol. The quantitative estimate of drug-likeness (QED) is 0.500. The summed E-state index contributed by atoms with van der Waals surface area (Å²) in [5.41, 5.74) is 7.39. The fourth-order valence-electron chi connectivity index (χ4n) is 1.93. The van der Waals surface area contributed by atoms with Gasteiger partial charge in [0.25, 0.3) is 0 Å². The van der Waals surface area contributed by atoms with Crippen LogP contribution in [0.25, 0.3) is 0 Å². The van der Waals surface area contributed by atoms with Gasteiger partial charge < -0.3 is 10.7 Å². The van der Waals surface area contributed by atoms with Crippen LogP contribution in [0.15, 0.2) is 73.1 Å². The van der Waals surface area contributed by atoms with E-state index in [4.69, 9.17) is 11.1 Å². The van der Waals surface area contributed by atoms with E-state index in [2.05, 4.69) is 9.97 Å². The molecule has 0 spiro atoms. The molecule has 5 heteroatoms. The Morgan fingerprint density at radius 1 is 1.00 bits per heavy atom. The molecular weight excluding hydrogens is 274 g/mol. The molecule has 0 amide bonds. The Balaban J connectivity index is 0.000000246. The third kappa shape index (κ3) is 4.21. The first-order chi connectivity index (χ1) is 10.7. The number of aryl methyl sites for hydroxylation is 1. The number of aromatic nitrogens is 2. The van der Waals surface area contributed by atoms with Gasteiger partial charge in [0.05, 0.1) is 0 Å². The molecule has 0 unspecified atom stereocenters. The van der Waals surface area contributed by atoms with Crippen LogP contribution >= 0.6 is 0 Å². The summed E-state index contributed by atoms with van der Waals surface area (Å²) in [5.74, 6) is 0.979. The molecule has 2 aromatic carbocycles. The second-order valence-electron chi connectivity index (χ2n) is 4.57. The fourth-order valence-corrected chi connectivity index (χ4v) is 1.93. The molecule has 3 aromatic rings. The van der Waals surface area contributed by atoms with Gasteiger partial charge in [-0.25, -0.2) is 4.98 Å². The molecule has 0 aliphatic rings. The van der Waals surface area contributed by atoms with E-state index in [1.165, 1.54) is 0 Å². The van der Waals surface area contributed by atoms with Gasteiger partial charge >= 0.3 is 0 Å². The van der Waals surface area contributed by atoms with Gasteiger partial charge in [0.1, 0.15) is 5.82 Å². The number of para-hydroxylation sites is 2. The summed E-state index contributed by atoms with van der Waals surface area (Å²) in [6.45, 7) is 1.92. The summed E-state index contributed by atoms with van der Waals surface area (Å²) in [4.78, 5) is 8.44. The van der Waals surface area contributed by atoms with E-state index in [0.29, 0.717) is 0 Å². The predicted octanol–water partition coefficient (Wildman–Crippen LogP) is 3.44. The molecule has 1 heterocycles. The molecule has 0 aliphatic heterocycles. The first-order valence-electron chi connectivity index (χ1n) is 6.88. The summed E-state index contributed by atoms with van der Waals surface area (Å²) in [5, 5.41) is 7.63. The topological polar surface area (TPSA) is 81.8 Å². The van der Waals surface area contributed by atoms with Gasteiger partial charge in [-0.3, -0.25) is 10.3 Å². The SMILES string of the molecule is Cc1ncc[nH]1.N=C(N)N(c1ccccc1)c1ccccc1. The Morgan fingerprint density at radius 2 is 1.50 bits per heavy atom. The van der Waals surface area contributed by atoms with Crippen molar-refractivity contribution in [2.75, 3.05) is 4.90 Å². The number of H-pyrrole nitrogens is 1. The molecule has 0 saturated carbocycles. The van der Waals surface area contributed by atoms with Crippen molar-refractivity contribution in [2.24, 2.45) is 5.73 Å². The number of aromatic amines is 1. The highest BCUT2D eigenvalue weighted by Crippen LogP contribution is 2.23. The molecule has 22 heavy (non-hydrogen) atoms. The number of anilines is 2. The summed E-state index contributed by atoms with van der Waals surface area (Å²) < 4.78 is 0. The Morgan fingerprint density at radius 3 is 1.77 bits per heavy atom. The molecule has 0 fully saturated rings. The maximum absolute atomic E-state index is 7.63. The smallest absolute Gasteiger partial charge is 0.197 e. The van der Waals surface area contributed by atoms with Crippen LogP contribution in [0.4, 0.5) is 11.4 Å². The first kappa shape index (κ1) is 15.3. The summed E-state index contributed by atoms with van der Waals surface area (Å²) in [6.07, 6.45) is 3.53. The van der Waals surface area contributed by atoms with Crippen molar-refractivity contribution in [2.45, 2.75) is 6.92 Å². The molecule has 0 radical (unpaired) electrons. The lowest BCUT2D eigenvalue weighted by molar-refractivity contribution is 1.15. The number of nitrogens with zero attached hydrogens (tertiary/aromatic N) is 2. The molecule has 0 aliphatic carbocycles. The largest absolute Gasteiger partial charge is 0.369 e. The second kappa shape index (κ2) is 7.64. The van der Waals surface area contributed by atoms with Gasteiger partial charge in [-0.05, 0) is 31.2 Å². The second-order valence-corrected chi connectivity index (χ2v) is 4.57. The highest BCUT2D eigenvalue weighted by molar-refractivity contribution is 5.99. The molecule has 5 nitrogen and oxygen atoms in total. The number of rotatable bonds is 2. The minimum absolute atomic E-state index is 0.0115. The van der Waals surface area contributed by atoms with Gasteiger partial charge in [0.2, 0.25) is 0 Å². The highest BCUT2D eigenvalue weighted by Gasteiger charge is 2.10. The summed E-state index contributed by atoms with van der Waals surface area (Å²) in [6, 6.07) is 19.3. The van der Waals surface area contributed by atoms with Crippen LogP contribution in [0.5, 0.6) is 0 Å². The standard InChI is InChI=1S/C13H13N3.C4H6N2/c14-13(15)16(11-7-3-1-4-8-11)12-9-5-2-6-10-12;1-4-5-2-3-6-4/h1-10H,(H3,14,15);2-3H,1H3,(H,5,6). The van der Waals surface area contributed by atoms with E-state index in [0.717, 1.165) is 17.2 Å². The predicted molar refractivity (Wildman–Crippen MR) is 90.3 cm³/mol. The van der Waals surface area contributed by atoms with Crippen LogP contribution in [-0.4, -0.2) is 15.9 Å². The lowest BCUT2D eigenvalue weighted by Gasteiger charge is -2.22. The lowest BCUT2D eigenvalue weighted by Crippen LogP contribution is -2.32. The number of nitrogens with one attached hydrogen (secondary N) is 2. The Labute approximate surface area is 129 Å². The molecule has 3 rings (SSSR count). The maximum Gasteiger partial charge on any atom is 0.197 e. The van der Waals surface area contributed by atoms with E-state index >= 15 is 0 Å². The Kier molecular flexibility index (Phi) is 5.31. The van der Waals surface area contributed by atoms with Crippen molar-refractivity contribution in [3.63, 3.8) is 0 Å². The third-order valence-corrected chi connectivity index (χ3v) is 2.90. The average molecular weight is 293 g/mol. The van der Waals surface area contributed by atoms with E-state index in [9.17, 15) is 0 Å². The highest BCUT2D eigenvalue weighted by atomic mass is 15.2. The zero-order valence-electron chi connectivity index (χ0n) is 12.4. The number of hydrogen-bond donors (Lipinski definition) is 3. The van der Waals surface area contributed by atoms with E-state index in [1.54, 1.807) is 17.3 Å². The molecule has 1 aromatic heterocycles. The number of nitrogens with two attached hydrogens (primary N) is 1. The van der Waals surface area contributed by atoms with Gasteiger partial charge in [-0.15, -0.1) is 0 Å². The molecule has 0 saturated heterocycles. The Hall–Kier alpha value is -3.08. The van der Waals surface area contributed by atoms with E-state index in [1.807, 2.05) is 67.6 Å². The summed E-state index contributed by atoms with van der Waals surface area (Å²) in [7, 11) is 0. The van der Waals surface area contributed by atoms with Crippen molar-refractivity contribution < 1.29 is 0 Å². The van der Waals surface area contributed by atoms with Gasteiger partial charge in [0, 0.05) is 23.8 Å². The van der Waals surface area contributed by atoms with Crippen molar-refractivity contribution in [3.05, 3.63) is 78.9 Å². The zero-order valence-corrected chi connectivity index (χ0v) is 12.4. The first-order valence-corrected chi connectivity index (χ1v) is 6.88. The third-order valence-electron chi connectivity index (χ3n) is 2.90. The fraction of sp³-hybridized carbons (Fsp3) is 0.0588. The lowest BCUT2D eigenvalue weighted by atomic mass is 10.2. The van der Waals surface area contributed by atoms with Gasteiger partial charge in [-0.2, -0.15) is 0 Å². The van der Waals surface area contributed by atoms with Gasteiger partial charge in [0.15, 0.2) is 5.96 Å². The number of guanidine groups is 1. The van der Waals surface area contributed by atoms with Crippen LogP contribution in [0, 0.1) is 12.3 Å². The van der Waals surface area contributed by atoms with Crippen LogP contribution in [0.2, 0.25) is 0 Å². The van der Waals surface area contributed by atoms with Crippen molar-refractivity contribution >= 4 is 17.3 Å². The van der Waals surface area contributed by atoms with Crippen molar-refractivity contribution in [3.8, 4) is 0 Å². The summed E-state index contributed by atoms with van der Waals surface area (Å²) >= 11 is 0. The number of benzene rings is 2. The van der Waals surface area contributed by atoms with E-state index in [-0.39, 0.29) is 5.96 Å². The normalized spacial score (nSPS) is 9.50. The Bertz CT molecular complexity index is 638. The van der Waals surface area contributed by atoms with Crippen LogP contribution in [-0.2, 0) is 0 Å². The minimum Gasteiger partial charge on any atom is -0.369 e. The van der Waals surface area contributed by atoms with Crippen LogP contribution in [0.3, 0.4) is 0 Å². The zero-order chi connectivity index (χ0) is 15.8. The number of imidazole rings is 1. The average Bonchev–Trinajstić information content (AvgIpc) is 3.01. The molecule has 0 atom stereocenters. The van der Waals surface area contributed by atoms with Gasteiger partial charge in [-0.1, -0.05) is 36.4 Å². The maximum atomic E-state index is 7.63. The number of hydrogen-bond acceptors (Lipinski definition) is 2. The molecular formula is C17H19N5. The van der Waals surface area contributed by atoms with Crippen molar-refractivity contribution in [1.82, 2.24) is 9.97 Å². The van der Waals surface area contributed by atoms with Crippen LogP contribution < -0.4 is 10.6 Å². The molecule has 112 valence electrons. The molecule has 4 N–H and O–H groups in total. The van der Waals surface area contributed by atoms with E-state index < -0.39 is 0 Å². The minimum atomic E-state index is 0.0115. The molecule has 0 bridgehead atoms.